The molecule has 0 radical (unpaired) electrons. The number of likely N-dealkylation sites (tertiary alicyclic amines) is 1. The van der Waals surface area contributed by atoms with E-state index in [0.717, 1.165) is 45.0 Å². The minimum atomic E-state index is 0. The van der Waals surface area contributed by atoms with Gasteiger partial charge in [-0.25, -0.2) is 0 Å². The highest BCUT2D eigenvalue weighted by molar-refractivity contribution is 14.0. The molecule has 168 valence electrons. The minimum Gasteiger partial charge on any atom is -0.381 e. The number of nitrogens with one attached hydrogen (secondary N) is 2. The lowest BCUT2D eigenvalue weighted by atomic mass is 9.57. The monoisotopic (exact) mass is 520 g/mol. The molecule has 2 N–H and O–H groups in total. The van der Waals surface area contributed by atoms with Crippen LogP contribution in [0, 0.1) is 11.3 Å². The summed E-state index contributed by atoms with van der Waals surface area (Å²) in [4.78, 5) is 7.31. The van der Waals surface area contributed by atoms with E-state index in [1.807, 2.05) is 14.2 Å². The SMILES string of the molecule is CN=C(NCC1(N2CCC(OC)CC2)CCCC1)NC1C2CCOC2C1(C)C.I. The van der Waals surface area contributed by atoms with Crippen LogP contribution in [0.2, 0.25) is 0 Å². The van der Waals surface area contributed by atoms with Gasteiger partial charge in [-0.3, -0.25) is 9.89 Å². The lowest BCUT2D eigenvalue weighted by Crippen LogP contribution is -2.68. The highest BCUT2D eigenvalue weighted by atomic mass is 127. The van der Waals surface area contributed by atoms with Gasteiger partial charge >= 0.3 is 0 Å². The molecule has 0 aromatic rings. The van der Waals surface area contributed by atoms with Crippen LogP contribution < -0.4 is 10.6 Å². The first-order valence-electron chi connectivity index (χ1n) is 11.4. The first kappa shape index (κ1) is 23.5. The van der Waals surface area contributed by atoms with E-state index in [1.165, 1.54) is 32.1 Å². The Morgan fingerprint density at radius 2 is 1.86 bits per heavy atom. The molecule has 4 rings (SSSR count). The fourth-order valence-electron chi connectivity index (χ4n) is 6.41. The van der Waals surface area contributed by atoms with Crippen molar-refractivity contribution >= 4 is 29.9 Å². The number of piperidine rings is 1. The molecule has 0 aromatic heterocycles. The van der Waals surface area contributed by atoms with Gasteiger partial charge in [-0.15, -0.1) is 24.0 Å². The second-order valence-corrected chi connectivity index (χ2v) is 9.97. The number of aliphatic imine (C=N–C) groups is 1. The van der Waals surface area contributed by atoms with Crippen LogP contribution in [0.15, 0.2) is 4.99 Å². The molecular weight excluding hydrogens is 479 g/mol. The van der Waals surface area contributed by atoms with Crippen molar-refractivity contribution in [1.82, 2.24) is 15.5 Å². The van der Waals surface area contributed by atoms with Crippen LogP contribution in [0.25, 0.3) is 0 Å². The molecule has 29 heavy (non-hydrogen) atoms. The number of nitrogens with zero attached hydrogens (tertiary/aromatic N) is 2. The lowest BCUT2D eigenvalue weighted by molar-refractivity contribution is -0.106. The molecule has 2 saturated carbocycles. The zero-order valence-electron chi connectivity index (χ0n) is 18.7. The molecule has 0 bridgehead atoms. The number of hydrogen-bond donors (Lipinski definition) is 2. The second kappa shape index (κ2) is 9.57. The average Bonchev–Trinajstić information content (AvgIpc) is 3.37. The van der Waals surface area contributed by atoms with E-state index in [-0.39, 0.29) is 34.9 Å². The van der Waals surface area contributed by atoms with E-state index >= 15 is 0 Å². The van der Waals surface area contributed by atoms with Gasteiger partial charge in [0, 0.05) is 63.3 Å². The number of guanidine groups is 1. The summed E-state index contributed by atoms with van der Waals surface area (Å²) in [5.41, 5.74) is 0.455. The van der Waals surface area contributed by atoms with Gasteiger partial charge in [0.05, 0.1) is 12.2 Å². The van der Waals surface area contributed by atoms with Gasteiger partial charge < -0.3 is 20.1 Å². The topological polar surface area (TPSA) is 58.1 Å². The third-order valence-electron chi connectivity index (χ3n) is 8.18. The van der Waals surface area contributed by atoms with Gasteiger partial charge in [0.25, 0.3) is 0 Å². The molecular formula is C22H41IN4O2. The second-order valence-electron chi connectivity index (χ2n) is 9.97. The number of rotatable bonds is 5. The zero-order chi connectivity index (χ0) is 19.8. The molecule has 7 heteroatoms. The number of methoxy groups -OCH3 is 1. The Kier molecular flexibility index (Phi) is 7.77. The van der Waals surface area contributed by atoms with Crippen LogP contribution in [-0.4, -0.2) is 75.0 Å². The Morgan fingerprint density at radius 1 is 1.17 bits per heavy atom. The molecule has 3 unspecified atom stereocenters. The lowest BCUT2D eigenvalue weighted by Gasteiger charge is -2.55. The number of hydrogen-bond acceptors (Lipinski definition) is 4. The Balaban J connectivity index is 0.00000240. The van der Waals surface area contributed by atoms with Crippen LogP contribution in [0.4, 0.5) is 0 Å². The first-order valence-corrected chi connectivity index (χ1v) is 11.4. The molecule has 0 amide bonds. The van der Waals surface area contributed by atoms with Crippen molar-refractivity contribution in [3.8, 4) is 0 Å². The summed E-state index contributed by atoms with van der Waals surface area (Å²) in [7, 11) is 3.75. The van der Waals surface area contributed by atoms with Crippen molar-refractivity contribution in [2.24, 2.45) is 16.3 Å². The van der Waals surface area contributed by atoms with Crippen LogP contribution in [-0.2, 0) is 9.47 Å². The predicted molar refractivity (Wildman–Crippen MR) is 128 cm³/mol. The molecule has 0 aromatic carbocycles. The Morgan fingerprint density at radius 3 is 2.48 bits per heavy atom. The maximum absolute atomic E-state index is 5.95. The summed E-state index contributed by atoms with van der Waals surface area (Å²) in [6.07, 6.45) is 9.61. The van der Waals surface area contributed by atoms with E-state index in [1.54, 1.807) is 0 Å². The van der Waals surface area contributed by atoms with E-state index in [0.29, 0.717) is 24.2 Å². The highest BCUT2D eigenvalue weighted by Crippen LogP contribution is 2.52. The van der Waals surface area contributed by atoms with Crippen molar-refractivity contribution in [2.75, 3.05) is 40.4 Å². The largest absolute Gasteiger partial charge is 0.381 e. The van der Waals surface area contributed by atoms with E-state index in [2.05, 4.69) is 34.4 Å². The summed E-state index contributed by atoms with van der Waals surface area (Å²) < 4.78 is 11.5. The molecule has 2 aliphatic heterocycles. The van der Waals surface area contributed by atoms with Crippen molar-refractivity contribution in [3.05, 3.63) is 0 Å². The van der Waals surface area contributed by atoms with Crippen LogP contribution >= 0.6 is 24.0 Å². The average molecular weight is 521 g/mol. The normalized spacial score (nSPS) is 34.2. The molecule has 2 saturated heterocycles. The standard InChI is InChI=1S/C22H40N4O2.HI/c1-21(2)18(17-9-14-28-19(17)21)25-20(23-3)24-15-22(10-5-6-11-22)26-12-7-16(27-4)8-13-26;/h16-19H,5-15H2,1-4H3,(H2,23,24,25);1H. The summed E-state index contributed by atoms with van der Waals surface area (Å²) in [5, 5.41) is 7.46. The van der Waals surface area contributed by atoms with E-state index < -0.39 is 0 Å². The van der Waals surface area contributed by atoms with Crippen molar-refractivity contribution < 1.29 is 9.47 Å². The third-order valence-corrected chi connectivity index (χ3v) is 8.18. The van der Waals surface area contributed by atoms with Crippen LogP contribution in [0.3, 0.4) is 0 Å². The van der Waals surface area contributed by atoms with Gasteiger partial charge in [0.2, 0.25) is 0 Å². The van der Waals surface area contributed by atoms with Gasteiger partial charge in [-0.2, -0.15) is 0 Å². The maximum Gasteiger partial charge on any atom is 0.191 e. The molecule has 2 heterocycles. The van der Waals surface area contributed by atoms with E-state index in [4.69, 9.17) is 9.47 Å². The third kappa shape index (κ3) is 4.44. The van der Waals surface area contributed by atoms with Gasteiger partial charge in [0.15, 0.2) is 5.96 Å². The molecule has 4 aliphatic rings. The van der Waals surface area contributed by atoms with Gasteiger partial charge in [0.1, 0.15) is 0 Å². The summed E-state index contributed by atoms with van der Waals surface area (Å²) in [6.45, 7) is 8.85. The quantitative estimate of drug-likeness (QED) is 0.332. The van der Waals surface area contributed by atoms with E-state index in [9.17, 15) is 0 Å². The number of halogens is 1. The smallest absolute Gasteiger partial charge is 0.191 e. The molecule has 3 atom stereocenters. The van der Waals surface area contributed by atoms with Gasteiger partial charge in [-0.1, -0.05) is 26.7 Å². The molecule has 6 nitrogen and oxygen atoms in total. The highest BCUT2D eigenvalue weighted by Gasteiger charge is 2.59. The fraction of sp³-hybridized carbons (Fsp3) is 0.955. The zero-order valence-corrected chi connectivity index (χ0v) is 21.0. The minimum absolute atomic E-state index is 0. The Bertz CT molecular complexity index is 571. The van der Waals surface area contributed by atoms with Crippen molar-refractivity contribution in [1.29, 1.82) is 0 Å². The Hall–Kier alpha value is -0.120. The van der Waals surface area contributed by atoms with Crippen molar-refractivity contribution in [3.63, 3.8) is 0 Å². The van der Waals surface area contributed by atoms with Gasteiger partial charge in [-0.05, 0) is 32.1 Å². The fourth-order valence-corrected chi connectivity index (χ4v) is 6.41. The summed E-state index contributed by atoms with van der Waals surface area (Å²) in [5.74, 6) is 1.59. The van der Waals surface area contributed by atoms with Crippen LogP contribution in [0.5, 0.6) is 0 Å². The Labute approximate surface area is 194 Å². The van der Waals surface area contributed by atoms with Crippen molar-refractivity contribution in [2.45, 2.75) is 82.6 Å². The molecule has 0 spiro atoms. The summed E-state index contributed by atoms with van der Waals surface area (Å²) in [6, 6.07) is 0.447. The maximum atomic E-state index is 5.95. The molecule has 2 aliphatic carbocycles. The number of fused-ring (bicyclic) bond motifs is 1. The van der Waals surface area contributed by atoms with Crippen LogP contribution in [0.1, 0.15) is 58.8 Å². The number of ether oxygens (including phenoxy) is 2. The first-order chi connectivity index (χ1) is 13.5. The molecule has 4 fully saturated rings. The summed E-state index contributed by atoms with van der Waals surface area (Å²) >= 11 is 0. The predicted octanol–water partition coefficient (Wildman–Crippen LogP) is 3.01.